The summed E-state index contributed by atoms with van der Waals surface area (Å²) in [7, 11) is 0. The number of aromatic nitrogens is 2. The zero-order valence-corrected chi connectivity index (χ0v) is 20.4. The fraction of sp³-hybridized carbons (Fsp3) is 0. The summed E-state index contributed by atoms with van der Waals surface area (Å²) in [5, 5.41) is 3.52. The van der Waals surface area contributed by atoms with Crippen molar-refractivity contribution in [1.29, 1.82) is 0 Å². The summed E-state index contributed by atoms with van der Waals surface area (Å²) in [6.45, 7) is 0. The first kappa shape index (κ1) is 16.6. The molecule has 0 saturated heterocycles. The Balaban J connectivity index is 1.45. The zero-order valence-electron chi connectivity index (χ0n) is 25.4. The van der Waals surface area contributed by atoms with Gasteiger partial charge in [-0.3, -0.25) is 0 Å². The summed E-state index contributed by atoms with van der Waals surface area (Å²) in [6, 6.07) is 38.1. The normalized spacial score (nSPS) is 13.5. The van der Waals surface area contributed by atoms with Gasteiger partial charge in [0.25, 0.3) is 0 Å². The average Bonchev–Trinajstić information content (AvgIpc) is 3.56. The van der Waals surface area contributed by atoms with Crippen molar-refractivity contribution in [3.8, 4) is 22.5 Å². The smallest absolute Gasteiger partial charge is 0.0645 e. The quantitative estimate of drug-likeness (QED) is 0.234. The van der Waals surface area contributed by atoms with E-state index < -0.39 is 0 Å². The van der Waals surface area contributed by atoms with Crippen LogP contribution in [-0.2, 0) is 0 Å². The Hall–Kier alpha value is -5.08. The maximum absolute atomic E-state index is 8.87. The molecule has 0 aliphatic rings. The van der Waals surface area contributed by atoms with Gasteiger partial charge in [-0.2, -0.15) is 0 Å². The zero-order chi connectivity index (χ0) is 29.4. The number of fused-ring (bicyclic) bond motifs is 6. The highest BCUT2D eigenvalue weighted by Gasteiger charge is 2.16. The van der Waals surface area contributed by atoms with Crippen LogP contribution in [0.25, 0.3) is 66.1 Å². The van der Waals surface area contributed by atoms with E-state index in [1.807, 2.05) is 65.2 Å². The maximum atomic E-state index is 8.87. The summed E-state index contributed by atoms with van der Waals surface area (Å²) in [6.07, 6.45) is 0. The van der Waals surface area contributed by atoms with Crippen LogP contribution in [0, 0.1) is 0 Å². The molecule has 2 aromatic heterocycles. The molecule has 0 spiro atoms. The number of benzene rings is 6. The van der Waals surface area contributed by atoms with Crippen molar-refractivity contribution in [3.05, 3.63) is 145 Å². The molecule has 2 heteroatoms. The first-order valence-corrected chi connectivity index (χ1v) is 12.6. The molecule has 8 aromatic rings. The van der Waals surface area contributed by atoms with E-state index in [1.165, 1.54) is 0 Å². The molecule has 0 N–H and O–H groups in total. The number of nitrogens with zero attached hydrogens (tertiary/aromatic N) is 2. The average molecular weight is 490 g/mol. The number of hydrogen-bond donors (Lipinski definition) is 0. The standard InChI is InChI=1S/C36H24N2/c1-2-11-25(12-3-1)26-13-10-14-27(23-26)38-35-20-9-6-17-31(35)32-22-21-28(24-36(32)38)37-33-18-7-4-15-29(33)30-16-5-8-19-34(30)37/h1-24H/i1D,4D,7D,15D,18D. The molecule has 0 aliphatic carbocycles. The van der Waals surface area contributed by atoms with Crippen LogP contribution in [0.2, 0.25) is 0 Å². The largest absolute Gasteiger partial charge is 0.309 e. The van der Waals surface area contributed by atoms with E-state index in [9.17, 15) is 0 Å². The van der Waals surface area contributed by atoms with Gasteiger partial charge in [-0.05, 0) is 53.6 Å². The van der Waals surface area contributed by atoms with E-state index in [0.717, 1.165) is 55.2 Å². The van der Waals surface area contributed by atoms with Crippen molar-refractivity contribution < 1.29 is 6.85 Å². The van der Waals surface area contributed by atoms with Gasteiger partial charge in [-0.15, -0.1) is 0 Å². The Morgan fingerprint density at radius 1 is 0.395 bits per heavy atom. The monoisotopic (exact) mass is 489 g/mol. The highest BCUT2D eigenvalue weighted by molar-refractivity contribution is 6.12. The molecule has 8 rings (SSSR count). The fourth-order valence-electron chi connectivity index (χ4n) is 5.72. The lowest BCUT2D eigenvalue weighted by Gasteiger charge is -2.12. The van der Waals surface area contributed by atoms with Gasteiger partial charge in [-0.25, -0.2) is 0 Å². The third kappa shape index (κ3) is 3.07. The van der Waals surface area contributed by atoms with Gasteiger partial charge in [0.2, 0.25) is 0 Å². The van der Waals surface area contributed by atoms with Crippen molar-refractivity contribution in [1.82, 2.24) is 9.13 Å². The van der Waals surface area contributed by atoms with E-state index in [0.29, 0.717) is 16.9 Å². The predicted octanol–water partition coefficient (Wildman–Crippen LogP) is 9.55. The minimum atomic E-state index is -0.244. The summed E-state index contributed by atoms with van der Waals surface area (Å²) >= 11 is 0. The summed E-state index contributed by atoms with van der Waals surface area (Å²) < 4.78 is 46.4. The molecule has 38 heavy (non-hydrogen) atoms. The van der Waals surface area contributed by atoms with Gasteiger partial charge >= 0.3 is 0 Å². The summed E-state index contributed by atoms with van der Waals surface area (Å²) in [4.78, 5) is 0. The SMILES string of the molecule is [2H]c1ccc(-c2cccc(-n3c4ccccc4c4ccc(-n5c6ccccc6c6c([2H])c([2H])c([2H])c([2H])c65)cc43)c2)cc1. The summed E-state index contributed by atoms with van der Waals surface area (Å²) in [5.41, 5.74) is 7.26. The van der Waals surface area contributed by atoms with Crippen molar-refractivity contribution in [2.45, 2.75) is 0 Å². The van der Waals surface area contributed by atoms with Gasteiger partial charge in [0, 0.05) is 32.9 Å². The van der Waals surface area contributed by atoms with E-state index in [2.05, 4.69) is 47.0 Å². The Morgan fingerprint density at radius 2 is 1.03 bits per heavy atom. The Kier molecular flexibility index (Phi) is 3.60. The fourth-order valence-corrected chi connectivity index (χ4v) is 5.72. The Labute approximate surface area is 227 Å². The number of rotatable bonds is 3. The molecule has 2 nitrogen and oxygen atoms in total. The maximum Gasteiger partial charge on any atom is 0.0645 e. The third-order valence-electron chi connectivity index (χ3n) is 7.38. The lowest BCUT2D eigenvalue weighted by molar-refractivity contribution is 1.15. The molecular formula is C36H24N2. The van der Waals surface area contributed by atoms with Gasteiger partial charge < -0.3 is 9.13 Å². The number of para-hydroxylation sites is 3. The molecule has 0 aliphatic heterocycles. The van der Waals surface area contributed by atoms with Crippen LogP contribution in [0.1, 0.15) is 6.85 Å². The van der Waals surface area contributed by atoms with Crippen molar-refractivity contribution in [2.24, 2.45) is 0 Å². The van der Waals surface area contributed by atoms with Crippen molar-refractivity contribution in [3.63, 3.8) is 0 Å². The highest BCUT2D eigenvalue weighted by Crippen LogP contribution is 2.37. The molecule has 0 bridgehead atoms. The van der Waals surface area contributed by atoms with Gasteiger partial charge in [0.1, 0.15) is 0 Å². The molecule has 0 saturated carbocycles. The van der Waals surface area contributed by atoms with Gasteiger partial charge in [0.05, 0.1) is 28.9 Å². The first-order valence-electron chi connectivity index (χ1n) is 15.1. The molecule has 0 radical (unpaired) electrons. The van der Waals surface area contributed by atoms with E-state index in [-0.39, 0.29) is 24.2 Å². The van der Waals surface area contributed by atoms with Crippen LogP contribution in [0.4, 0.5) is 0 Å². The van der Waals surface area contributed by atoms with E-state index in [1.54, 1.807) is 12.1 Å². The predicted molar refractivity (Wildman–Crippen MR) is 161 cm³/mol. The minimum Gasteiger partial charge on any atom is -0.309 e. The second kappa shape index (κ2) is 8.22. The van der Waals surface area contributed by atoms with Crippen molar-refractivity contribution >= 4 is 43.6 Å². The molecule has 0 unspecified atom stereocenters. The second-order valence-corrected chi connectivity index (χ2v) is 9.47. The lowest BCUT2D eigenvalue weighted by Crippen LogP contribution is -1.97. The lowest BCUT2D eigenvalue weighted by atomic mass is 10.1. The molecule has 0 amide bonds. The molecule has 2 heterocycles. The van der Waals surface area contributed by atoms with Crippen LogP contribution in [-0.4, -0.2) is 9.13 Å². The molecule has 0 atom stereocenters. The van der Waals surface area contributed by atoms with Gasteiger partial charge in [-0.1, -0.05) is 103 Å². The molecular weight excluding hydrogens is 460 g/mol. The van der Waals surface area contributed by atoms with Gasteiger partial charge in [0.15, 0.2) is 0 Å². The van der Waals surface area contributed by atoms with E-state index >= 15 is 0 Å². The highest BCUT2D eigenvalue weighted by atomic mass is 15.0. The second-order valence-electron chi connectivity index (χ2n) is 9.47. The van der Waals surface area contributed by atoms with Crippen LogP contribution in [0.5, 0.6) is 0 Å². The topological polar surface area (TPSA) is 9.86 Å². The Morgan fingerprint density at radius 3 is 1.84 bits per heavy atom. The van der Waals surface area contributed by atoms with Crippen LogP contribution in [0.3, 0.4) is 0 Å². The minimum absolute atomic E-state index is 0.0311. The first-order chi connectivity index (χ1) is 20.9. The van der Waals surface area contributed by atoms with E-state index in [4.69, 9.17) is 6.85 Å². The third-order valence-corrected chi connectivity index (χ3v) is 7.38. The molecule has 0 fully saturated rings. The Bertz CT molecular complexity index is 2400. The van der Waals surface area contributed by atoms with Crippen molar-refractivity contribution in [2.75, 3.05) is 0 Å². The van der Waals surface area contributed by atoms with Crippen LogP contribution >= 0.6 is 0 Å². The molecule has 6 aromatic carbocycles. The number of hydrogen-bond acceptors (Lipinski definition) is 0. The summed E-state index contributed by atoms with van der Waals surface area (Å²) in [5.74, 6) is 0. The van der Waals surface area contributed by atoms with Crippen LogP contribution in [0.15, 0.2) is 145 Å². The molecule has 178 valence electrons. The van der Waals surface area contributed by atoms with Crippen LogP contribution < -0.4 is 0 Å².